The van der Waals surface area contributed by atoms with Crippen LogP contribution in [-0.4, -0.2) is 5.75 Å². The van der Waals surface area contributed by atoms with Crippen molar-refractivity contribution in [2.24, 2.45) is 0 Å². The van der Waals surface area contributed by atoms with Gasteiger partial charge in [-0.25, -0.2) is 0 Å². The molecule has 1 aliphatic rings. The Kier molecular flexibility index (Phi) is 4.74. The fourth-order valence-corrected chi connectivity index (χ4v) is 1.77. The fraction of sp³-hybridized carbons (Fsp3) is 0.333. The molecule has 1 rings (SSSR count). The van der Waals surface area contributed by atoms with Crippen molar-refractivity contribution >= 4 is 21.6 Å². The van der Waals surface area contributed by atoms with Gasteiger partial charge in [-0.2, -0.15) is 0 Å². The van der Waals surface area contributed by atoms with Gasteiger partial charge in [0.1, 0.15) is 0 Å². The van der Waals surface area contributed by atoms with E-state index in [2.05, 4.69) is 11.5 Å². The minimum Gasteiger partial charge on any atom is -0.0854 e. The predicted molar refractivity (Wildman–Crippen MR) is 29.2 cm³/mol. The first-order chi connectivity index (χ1) is 2.50. The van der Waals surface area contributed by atoms with Crippen molar-refractivity contribution in [3.05, 3.63) is 11.5 Å². The van der Waals surface area contributed by atoms with Gasteiger partial charge in [0.25, 0.3) is 0 Å². The van der Waals surface area contributed by atoms with Crippen LogP contribution in [0.2, 0.25) is 0 Å². The molecule has 0 aromatic carbocycles. The van der Waals surface area contributed by atoms with Crippen LogP contribution in [0, 0.1) is 0 Å². The van der Waals surface area contributed by atoms with Crippen molar-refractivity contribution < 1.29 is 16.5 Å². The summed E-state index contributed by atoms with van der Waals surface area (Å²) in [6.45, 7) is 0. The van der Waals surface area contributed by atoms with E-state index in [1.165, 1.54) is 5.75 Å². The molecule has 0 radical (unpaired) electrons. The molecule has 0 bridgehead atoms. The quantitative estimate of drug-likeness (QED) is 0.395. The summed E-state index contributed by atoms with van der Waals surface area (Å²) in [5.74, 6) is 1.20. The van der Waals surface area contributed by atoms with Crippen molar-refractivity contribution in [1.29, 1.82) is 0 Å². The maximum atomic E-state index is 2.16. The smallest absolute Gasteiger partial charge is 0.0854 e. The molecule has 0 aliphatic carbocycles. The monoisotopic (exact) mass is 162 g/mol. The Bertz CT molecular complexity index is 46.8. The number of hydrogen-bond acceptors (Lipinski definition) is 2. The zero-order valence-corrected chi connectivity index (χ0v) is 5.62. The van der Waals surface area contributed by atoms with E-state index < -0.39 is 0 Å². The Hall–Kier alpha value is 0.934. The molecule has 0 atom stereocenters. The molecule has 1 heterocycles. The SMILES string of the molecule is C1=CSSC1.[Ni+2]. The minimum atomic E-state index is 0. The maximum Gasteiger partial charge on any atom is 2.00 e. The van der Waals surface area contributed by atoms with Gasteiger partial charge in [0.2, 0.25) is 0 Å². The fourth-order valence-electron chi connectivity index (χ4n) is 0.196. The van der Waals surface area contributed by atoms with Crippen LogP contribution in [0.5, 0.6) is 0 Å². The van der Waals surface area contributed by atoms with Crippen LogP contribution in [0.4, 0.5) is 0 Å². The molecule has 0 nitrogen and oxygen atoms in total. The Morgan fingerprint density at radius 2 is 2.33 bits per heavy atom. The first kappa shape index (κ1) is 6.93. The van der Waals surface area contributed by atoms with E-state index in [1.54, 1.807) is 0 Å². The molecule has 0 amide bonds. The third-order valence-electron chi connectivity index (χ3n) is 0.384. The third kappa shape index (κ3) is 2.17. The zero-order valence-electron chi connectivity index (χ0n) is 2.99. The average molecular weight is 163 g/mol. The van der Waals surface area contributed by atoms with Crippen LogP contribution in [-0.2, 0) is 16.5 Å². The second-order valence-corrected chi connectivity index (χ2v) is 3.07. The molecule has 0 saturated carbocycles. The molecule has 0 saturated heterocycles. The van der Waals surface area contributed by atoms with Crippen molar-refractivity contribution in [2.75, 3.05) is 5.75 Å². The Morgan fingerprint density at radius 3 is 2.50 bits per heavy atom. The van der Waals surface area contributed by atoms with Crippen molar-refractivity contribution in [1.82, 2.24) is 0 Å². The van der Waals surface area contributed by atoms with E-state index in [-0.39, 0.29) is 16.5 Å². The van der Waals surface area contributed by atoms with E-state index in [9.17, 15) is 0 Å². The van der Waals surface area contributed by atoms with Gasteiger partial charge in [-0.1, -0.05) is 27.7 Å². The van der Waals surface area contributed by atoms with Gasteiger partial charge in [0, 0.05) is 5.75 Å². The van der Waals surface area contributed by atoms with E-state index in [4.69, 9.17) is 0 Å². The molecule has 0 spiro atoms. The molecule has 0 aromatic rings. The Labute approximate surface area is 55.5 Å². The van der Waals surface area contributed by atoms with Crippen LogP contribution in [0.25, 0.3) is 0 Å². The van der Waals surface area contributed by atoms with Crippen LogP contribution in [0.15, 0.2) is 11.5 Å². The first-order valence-corrected chi connectivity index (χ1v) is 3.81. The molecule has 0 N–H and O–H groups in total. The molecular weight excluding hydrogens is 159 g/mol. The van der Waals surface area contributed by atoms with Crippen LogP contribution in [0.1, 0.15) is 0 Å². The van der Waals surface area contributed by atoms with Gasteiger partial charge in [-0.3, -0.25) is 0 Å². The van der Waals surface area contributed by atoms with Crippen molar-refractivity contribution in [3.63, 3.8) is 0 Å². The van der Waals surface area contributed by atoms with Gasteiger partial charge in [-0.15, -0.1) is 0 Å². The summed E-state index contributed by atoms with van der Waals surface area (Å²) in [6.07, 6.45) is 2.16. The summed E-state index contributed by atoms with van der Waals surface area (Å²) in [6, 6.07) is 0. The standard InChI is InChI=1S/C3H4S2.Ni/c1-2-4-5-3-1;/h1-2H,3H2;/q;+2. The van der Waals surface area contributed by atoms with Crippen LogP contribution in [0.3, 0.4) is 0 Å². The van der Waals surface area contributed by atoms with Crippen LogP contribution >= 0.6 is 21.6 Å². The molecule has 3 heteroatoms. The summed E-state index contributed by atoms with van der Waals surface area (Å²) < 4.78 is 0. The van der Waals surface area contributed by atoms with Gasteiger partial charge in [0.15, 0.2) is 0 Å². The summed E-state index contributed by atoms with van der Waals surface area (Å²) in [5.41, 5.74) is 0. The topological polar surface area (TPSA) is 0 Å². The summed E-state index contributed by atoms with van der Waals surface area (Å²) in [7, 11) is 3.69. The van der Waals surface area contributed by atoms with Gasteiger partial charge >= 0.3 is 16.5 Å². The van der Waals surface area contributed by atoms with Crippen molar-refractivity contribution in [2.45, 2.75) is 0 Å². The molecule has 6 heavy (non-hydrogen) atoms. The van der Waals surface area contributed by atoms with E-state index in [0.717, 1.165) is 0 Å². The van der Waals surface area contributed by atoms with Crippen molar-refractivity contribution in [3.8, 4) is 0 Å². The third-order valence-corrected chi connectivity index (χ3v) is 2.30. The second kappa shape index (κ2) is 4.10. The largest absolute Gasteiger partial charge is 2.00 e. The van der Waals surface area contributed by atoms with E-state index in [0.29, 0.717) is 0 Å². The average Bonchev–Trinajstić information content (AvgIpc) is 1.76. The number of hydrogen-bond donors (Lipinski definition) is 0. The summed E-state index contributed by atoms with van der Waals surface area (Å²) in [5, 5.41) is 2.12. The Balaban J connectivity index is 0.000000250. The maximum absolute atomic E-state index is 2.16. The first-order valence-electron chi connectivity index (χ1n) is 1.43. The molecule has 0 aromatic heterocycles. The van der Waals surface area contributed by atoms with Gasteiger partial charge in [0.05, 0.1) is 0 Å². The molecule has 0 unspecified atom stereocenters. The molecule has 36 valence electrons. The Morgan fingerprint density at radius 1 is 1.50 bits per heavy atom. The van der Waals surface area contributed by atoms with Crippen LogP contribution < -0.4 is 0 Å². The molecular formula is C3H4NiS2+2. The van der Waals surface area contributed by atoms with Gasteiger partial charge in [-0.05, 0) is 5.41 Å². The molecule has 0 fully saturated rings. The normalized spacial score (nSPS) is 17.3. The predicted octanol–water partition coefficient (Wildman–Crippen LogP) is 1.89. The summed E-state index contributed by atoms with van der Waals surface area (Å²) in [4.78, 5) is 0. The summed E-state index contributed by atoms with van der Waals surface area (Å²) >= 11 is 0. The van der Waals surface area contributed by atoms with E-state index >= 15 is 0 Å². The molecule has 1 aliphatic heterocycles. The van der Waals surface area contributed by atoms with E-state index in [1.807, 2.05) is 21.6 Å². The minimum absolute atomic E-state index is 0. The van der Waals surface area contributed by atoms with Gasteiger partial charge < -0.3 is 0 Å². The second-order valence-electron chi connectivity index (χ2n) is 0.753. The number of rotatable bonds is 0. The zero-order chi connectivity index (χ0) is 3.54.